The molecule has 1 aromatic rings. The average molecular weight is 231 g/mol. The highest BCUT2D eigenvalue weighted by Gasteiger charge is 2.32. The lowest BCUT2D eigenvalue weighted by molar-refractivity contribution is -0.137. The number of rotatable bonds is 2. The minimum absolute atomic E-state index is 0.0319. The molecular weight excluding hydrogens is 223 g/mol. The maximum absolute atomic E-state index is 12.4. The van der Waals surface area contributed by atoms with Crippen LogP contribution in [-0.2, 0) is 6.18 Å². The van der Waals surface area contributed by atoms with E-state index in [4.69, 9.17) is 5.73 Å². The fourth-order valence-electron chi connectivity index (χ4n) is 1.41. The van der Waals surface area contributed by atoms with Gasteiger partial charge in [-0.1, -0.05) is 0 Å². The lowest BCUT2D eigenvalue weighted by Gasteiger charge is -2.11. The van der Waals surface area contributed by atoms with Gasteiger partial charge in [0.25, 0.3) is 0 Å². The second-order valence-electron chi connectivity index (χ2n) is 3.24. The zero-order valence-corrected chi connectivity index (χ0v) is 8.26. The van der Waals surface area contributed by atoms with Gasteiger partial charge in [0.15, 0.2) is 6.29 Å². The number of nitrogens with two attached hydrogens (primary N) is 1. The molecule has 0 unspecified atom stereocenters. The second kappa shape index (κ2) is 3.96. The van der Waals surface area contributed by atoms with Crippen molar-refractivity contribution in [2.45, 2.75) is 13.1 Å². The minimum atomic E-state index is -4.56. The van der Waals surface area contributed by atoms with Crippen molar-refractivity contribution in [2.75, 3.05) is 0 Å². The first-order valence-corrected chi connectivity index (χ1v) is 4.24. The monoisotopic (exact) mass is 231 g/mol. The lowest BCUT2D eigenvalue weighted by atomic mass is 9.98. The molecule has 0 spiro atoms. The summed E-state index contributed by atoms with van der Waals surface area (Å²) >= 11 is 0. The fraction of sp³-hybridized carbons (Fsp3) is 0.200. The molecule has 1 amide bonds. The lowest BCUT2D eigenvalue weighted by Crippen LogP contribution is -2.17. The Kier molecular flexibility index (Phi) is 3.02. The van der Waals surface area contributed by atoms with Crippen molar-refractivity contribution in [1.29, 1.82) is 0 Å². The van der Waals surface area contributed by atoms with E-state index >= 15 is 0 Å². The molecule has 0 aliphatic carbocycles. The molecule has 0 saturated heterocycles. The van der Waals surface area contributed by atoms with Crippen molar-refractivity contribution in [1.82, 2.24) is 0 Å². The van der Waals surface area contributed by atoms with Crippen molar-refractivity contribution in [3.63, 3.8) is 0 Å². The van der Waals surface area contributed by atoms with E-state index in [0.717, 1.165) is 6.07 Å². The Bertz CT molecular complexity index is 452. The molecule has 0 aliphatic heterocycles. The molecule has 0 aromatic heterocycles. The van der Waals surface area contributed by atoms with Crippen molar-refractivity contribution in [3.8, 4) is 0 Å². The van der Waals surface area contributed by atoms with Crippen molar-refractivity contribution >= 4 is 12.2 Å². The average Bonchev–Trinajstić information content (AvgIpc) is 2.14. The van der Waals surface area contributed by atoms with E-state index in [1.54, 1.807) is 0 Å². The Morgan fingerprint density at radius 2 is 1.94 bits per heavy atom. The predicted molar refractivity (Wildman–Crippen MR) is 50.1 cm³/mol. The van der Waals surface area contributed by atoms with Crippen LogP contribution in [0.4, 0.5) is 13.2 Å². The quantitative estimate of drug-likeness (QED) is 0.790. The SMILES string of the molecule is Cc1cc(C(F)(F)F)cc(C=O)c1C(N)=O. The van der Waals surface area contributed by atoms with Crippen LogP contribution in [0, 0.1) is 6.92 Å². The summed E-state index contributed by atoms with van der Waals surface area (Å²) in [6.07, 6.45) is -4.37. The Balaban J connectivity index is 3.50. The molecule has 0 atom stereocenters. The van der Waals surface area contributed by atoms with Gasteiger partial charge in [-0.05, 0) is 24.6 Å². The summed E-state index contributed by atoms with van der Waals surface area (Å²) < 4.78 is 37.2. The third kappa shape index (κ3) is 2.21. The molecule has 16 heavy (non-hydrogen) atoms. The molecule has 3 nitrogen and oxygen atoms in total. The summed E-state index contributed by atoms with van der Waals surface area (Å²) in [4.78, 5) is 21.5. The van der Waals surface area contributed by atoms with E-state index in [0.29, 0.717) is 6.07 Å². The van der Waals surface area contributed by atoms with Gasteiger partial charge >= 0.3 is 6.18 Å². The number of carbonyl (C=O) groups is 2. The highest BCUT2D eigenvalue weighted by atomic mass is 19.4. The van der Waals surface area contributed by atoms with Crippen LogP contribution in [0.15, 0.2) is 12.1 Å². The van der Waals surface area contributed by atoms with Crippen LogP contribution in [0.3, 0.4) is 0 Å². The summed E-state index contributed by atoms with van der Waals surface area (Å²) in [6, 6.07) is 1.40. The van der Waals surface area contributed by atoms with Gasteiger partial charge in [-0.2, -0.15) is 13.2 Å². The molecule has 2 N–H and O–H groups in total. The number of hydrogen-bond donors (Lipinski definition) is 1. The third-order valence-electron chi connectivity index (χ3n) is 2.07. The second-order valence-corrected chi connectivity index (χ2v) is 3.24. The van der Waals surface area contributed by atoms with Gasteiger partial charge in [0.2, 0.25) is 5.91 Å². The zero-order valence-electron chi connectivity index (χ0n) is 8.26. The summed E-state index contributed by atoms with van der Waals surface area (Å²) in [5.74, 6) is -0.923. The molecule has 0 bridgehead atoms. The smallest absolute Gasteiger partial charge is 0.366 e. The molecule has 0 aliphatic rings. The number of carbonyl (C=O) groups excluding carboxylic acids is 2. The van der Waals surface area contributed by atoms with Crippen LogP contribution in [0.2, 0.25) is 0 Å². The molecular formula is C10H8F3NO2. The third-order valence-corrected chi connectivity index (χ3v) is 2.07. The zero-order chi connectivity index (χ0) is 12.5. The van der Waals surface area contributed by atoms with Crippen LogP contribution in [0.1, 0.15) is 31.8 Å². The van der Waals surface area contributed by atoms with E-state index in [9.17, 15) is 22.8 Å². The van der Waals surface area contributed by atoms with E-state index in [1.807, 2.05) is 0 Å². The van der Waals surface area contributed by atoms with Crippen molar-refractivity contribution < 1.29 is 22.8 Å². The molecule has 6 heteroatoms. The standard InChI is InChI=1S/C10H8F3NO2/c1-5-2-7(10(11,12)13)3-6(4-15)8(5)9(14)16/h2-4H,1H3,(H2,14,16). The molecule has 1 aromatic carbocycles. The normalized spacial score (nSPS) is 11.2. The topological polar surface area (TPSA) is 60.2 Å². The van der Waals surface area contributed by atoms with E-state index in [-0.39, 0.29) is 23.0 Å². The summed E-state index contributed by atoms with van der Waals surface area (Å²) in [7, 11) is 0. The first-order valence-electron chi connectivity index (χ1n) is 4.24. The highest BCUT2D eigenvalue weighted by molar-refractivity contribution is 6.01. The summed E-state index contributed by atoms with van der Waals surface area (Å²) in [5.41, 5.74) is 3.50. The van der Waals surface area contributed by atoms with Crippen LogP contribution in [-0.4, -0.2) is 12.2 Å². The van der Waals surface area contributed by atoms with Crippen LogP contribution in [0.25, 0.3) is 0 Å². The van der Waals surface area contributed by atoms with Crippen molar-refractivity contribution in [3.05, 3.63) is 34.4 Å². The van der Waals surface area contributed by atoms with Gasteiger partial charge in [0.1, 0.15) is 0 Å². The largest absolute Gasteiger partial charge is 0.416 e. The Morgan fingerprint density at radius 1 is 1.38 bits per heavy atom. The summed E-state index contributed by atoms with van der Waals surface area (Å²) in [6.45, 7) is 1.29. The van der Waals surface area contributed by atoms with Gasteiger partial charge in [0, 0.05) is 5.56 Å². The maximum atomic E-state index is 12.4. The molecule has 0 saturated carbocycles. The Morgan fingerprint density at radius 3 is 2.31 bits per heavy atom. The first kappa shape index (κ1) is 12.2. The number of hydrogen-bond acceptors (Lipinski definition) is 2. The van der Waals surface area contributed by atoms with E-state index in [2.05, 4.69) is 0 Å². The fourth-order valence-corrected chi connectivity index (χ4v) is 1.41. The van der Waals surface area contributed by atoms with Gasteiger partial charge in [-0.15, -0.1) is 0 Å². The number of halogens is 3. The van der Waals surface area contributed by atoms with Crippen molar-refractivity contribution in [2.24, 2.45) is 5.73 Å². The molecule has 0 heterocycles. The summed E-state index contributed by atoms with van der Waals surface area (Å²) in [5, 5.41) is 0. The van der Waals surface area contributed by atoms with E-state index < -0.39 is 17.6 Å². The van der Waals surface area contributed by atoms with Gasteiger partial charge in [-0.3, -0.25) is 9.59 Å². The van der Waals surface area contributed by atoms with Gasteiger partial charge in [-0.25, -0.2) is 0 Å². The van der Waals surface area contributed by atoms with Crippen LogP contribution < -0.4 is 5.73 Å². The van der Waals surface area contributed by atoms with E-state index in [1.165, 1.54) is 6.92 Å². The number of benzene rings is 1. The molecule has 86 valence electrons. The Labute approximate surface area is 89.1 Å². The first-order chi connectivity index (χ1) is 7.27. The molecule has 0 radical (unpaired) electrons. The number of aryl methyl sites for hydroxylation is 1. The predicted octanol–water partition coefficient (Wildman–Crippen LogP) is 1.93. The molecule has 0 fully saturated rings. The van der Waals surface area contributed by atoms with Gasteiger partial charge in [0.05, 0.1) is 11.1 Å². The number of primary amides is 1. The minimum Gasteiger partial charge on any atom is -0.366 e. The van der Waals surface area contributed by atoms with Crippen LogP contribution in [0.5, 0.6) is 0 Å². The number of amides is 1. The number of alkyl halides is 3. The Hall–Kier alpha value is -1.85. The van der Waals surface area contributed by atoms with Crippen LogP contribution >= 0.6 is 0 Å². The highest BCUT2D eigenvalue weighted by Crippen LogP contribution is 2.31. The van der Waals surface area contributed by atoms with Gasteiger partial charge < -0.3 is 5.73 Å². The maximum Gasteiger partial charge on any atom is 0.416 e. The number of aldehydes is 1. The molecule has 1 rings (SSSR count).